The molecule has 5 heteroatoms. The Morgan fingerprint density at radius 1 is 1.04 bits per heavy atom. The zero-order valence-electron chi connectivity index (χ0n) is 14.2. The van der Waals surface area contributed by atoms with E-state index in [1.54, 1.807) is 19.1 Å². The zero-order chi connectivity index (χ0) is 16.9. The number of anilines is 1. The maximum atomic E-state index is 6.10. The van der Waals surface area contributed by atoms with Gasteiger partial charge in [-0.15, -0.1) is 0 Å². The van der Waals surface area contributed by atoms with Crippen molar-refractivity contribution < 1.29 is 14.4 Å². The van der Waals surface area contributed by atoms with Gasteiger partial charge in [0.05, 0.1) is 46.0 Å². The summed E-state index contributed by atoms with van der Waals surface area (Å²) in [6.07, 6.45) is 0. The first kappa shape index (κ1) is 16.9. The predicted molar refractivity (Wildman–Crippen MR) is 97.6 cm³/mol. The van der Waals surface area contributed by atoms with E-state index in [2.05, 4.69) is 17.0 Å². The van der Waals surface area contributed by atoms with Gasteiger partial charge in [-0.1, -0.05) is 23.7 Å². The summed E-state index contributed by atoms with van der Waals surface area (Å²) in [5, 5.41) is 0.795. The summed E-state index contributed by atoms with van der Waals surface area (Å²) < 4.78 is 10.9. The molecule has 2 aromatic carbocycles. The average molecular weight is 348 g/mol. The van der Waals surface area contributed by atoms with Gasteiger partial charge in [0.1, 0.15) is 6.54 Å². The molecule has 2 aromatic rings. The Labute approximate surface area is 148 Å². The van der Waals surface area contributed by atoms with Gasteiger partial charge in [-0.25, -0.2) is 0 Å². The Kier molecular flexibility index (Phi) is 5.48. The first-order valence-electron chi connectivity index (χ1n) is 8.25. The van der Waals surface area contributed by atoms with Crippen molar-refractivity contribution in [3.05, 3.63) is 53.1 Å². The van der Waals surface area contributed by atoms with Crippen LogP contribution in [0.25, 0.3) is 0 Å². The maximum absolute atomic E-state index is 6.10. The summed E-state index contributed by atoms with van der Waals surface area (Å²) in [5.74, 6) is 1.65. The highest BCUT2D eigenvalue weighted by Crippen LogP contribution is 2.30. The van der Waals surface area contributed by atoms with E-state index in [0.29, 0.717) is 0 Å². The summed E-state index contributed by atoms with van der Waals surface area (Å²) in [6, 6.07) is 14.2. The second-order valence-electron chi connectivity index (χ2n) is 6.05. The molecule has 0 saturated carbocycles. The molecule has 0 radical (unpaired) electrons. The molecule has 3 rings (SSSR count). The van der Waals surface area contributed by atoms with Crippen molar-refractivity contribution in [3.8, 4) is 11.5 Å². The van der Waals surface area contributed by atoms with Gasteiger partial charge in [0.15, 0.2) is 11.5 Å². The van der Waals surface area contributed by atoms with Gasteiger partial charge >= 0.3 is 0 Å². The highest BCUT2D eigenvalue weighted by atomic mass is 35.5. The van der Waals surface area contributed by atoms with Crippen LogP contribution in [0.15, 0.2) is 42.5 Å². The minimum atomic E-state index is 0.795. The molecular weight excluding hydrogens is 324 g/mol. The molecule has 0 bridgehead atoms. The Bertz CT molecular complexity index is 685. The molecule has 24 heavy (non-hydrogen) atoms. The second-order valence-corrected chi connectivity index (χ2v) is 6.48. The molecule has 1 aliphatic heterocycles. The van der Waals surface area contributed by atoms with Crippen molar-refractivity contribution in [2.24, 2.45) is 0 Å². The normalized spacial score (nSPS) is 15.4. The lowest BCUT2D eigenvalue weighted by atomic mass is 10.1. The van der Waals surface area contributed by atoms with Crippen molar-refractivity contribution in [3.63, 3.8) is 0 Å². The largest absolute Gasteiger partial charge is 0.493 e. The first-order chi connectivity index (χ1) is 11.7. The lowest BCUT2D eigenvalue weighted by Crippen LogP contribution is -3.13. The number of hydrogen-bond acceptors (Lipinski definition) is 3. The fraction of sp³-hybridized carbons (Fsp3) is 0.368. The maximum Gasteiger partial charge on any atom is 0.169 e. The van der Waals surface area contributed by atoms with Crippen molar-refractivity contribution in [2.45, 2.75) is 6.54 Å². The van der Waals surface area contributed by atoms with E-state index in [0.717, 1.165) is 49.2 Å². The molecule has 0 spiro atoms. The second kappa shape index (κ2) is 7.77. The molecule has 0 aromatic heterocycles. The summed E-state index contributed by atoms with van der Waals surface area (Å²) in [4.78, 5) is 3.96. The van der Waals surface area contributed by atoms with Crippen molar-refractivity contribution in [2.75, 3.05) is 45.3 Å². The lowest BCUT2D eigenvalue weighted by Gasteiger charge is -2.34. The van der Waals surface area contributed by atoms with Gasteiger partial charge in [-0.05, 0) is 30.3 Å². The number of ether oxygens (including phenoxy) is 2. The topological polar surface area (TPSA) is 26.1 Å². The van der Waals surface area contributed by atoms with Crippen molar-refractivity contribution in [1.82, 2.24) is 0 Å². The first-order valence-corrected chi connectivity index (χ1v) is 8.63. The third-order valence-corrected chi connectivity index (χ3v) is 4.80. The molecule has 0 unspecified atom stereocenters. The molecule has 0 amide bonds. The smallest absolute Gasteiger partial charge is 0.169 e. The Morgan fingerprint density at radius 2 is 1.79 bits per heavy atom. The van der Waals surface area contributed by atoms with E-state index in [1.165, 1.54) is 11.3 Å². The quantitative estimate of drug-likeness (QED) is 0.898. The number of rotatable bonds is 5. The molecule has 1 aliphatic rings. The van der Waals surface area contributed by atoms with Gasteiger partial charge < -0.3 is 19.3 Å². The standard InChI is InChI=1S/C19H23ClN2O2/c1-23-18-8-3-5-15(19(18)24-2)14-21-9-11-22(12-10-21)17-7-4-6-16(20)13-17/h3-8,13H,9-12,14H2,1-2H3/p+1. The van der Waals surface area contributed by atoms with Crippen LogP contribution < -0.4 is 19.3 Å². The molecular formula is C19H24ClN2O2+. The third kappa shape index (κ3) is 3.77. The monoisotopic (exact) mass is 347 g/mol. The fourth-order valence-corrected chi connectivity index (χ4v) is 3.48. The fourth-order valence-electron chi connectivity index (χ4n) is 3.29. The minimum absolute atomic E-state index is 0.795. The van der Waals surface area contributed by atoms with E-state index in [-0.39, 0.29) is 0 Å². The van der Waals surface area contributed by atoms with E-state index in [9.17, 15) is 0 Å². The molecule has 1 saturated heterocycles. The molecule has 4 nitrogen and oxygen atoms in total. The van der Waals surface area contributed by atoms with Gasteiger partial charge in [0, 0.05) is 10.7 Å². The Morgan fingerprint density at radius 3 is 2.46 bits per heavy atom. The van der Waals surface area contributed by atoms with Crippen LogP contribution in [0.1, 0.15) is 5.56 Å². The van der Waals surface area contributed by atoms with Crippen LogP contribution in [0.2, 0.25) is 5.02 Å². The van der Waals surface area contributed by atoms with Gasteiger partial charge in [0.2, 0.25) is 0 Å². The highest BCUT2D eigenvalue weighted by molar-refractivity contribution is 6.30. The number of benzene rings is 2. The van der Waals surface area contributed by atoms with E-state index >= 15 is 0 Å². The number of nitrogens with one attached hydrogen (secondary N) is 1. The molecule has 128 valence electrons. The predicted octanol–water partition coefficient (Wildman–Crippen LogP) is 2.26. The third-order valence-electron chi connectivity index (χ3n) is 4.57. The van der Waals surface area contributed by atoms with E-state index in [1.807, 2.05) is 30.3 Å². The number of quaternary nitrogens is 1. The molecule has 1 N–H and O–H groups in total. The molecule has 1 fully saturated rings. The number of hydrogen-bond donors (Lipinski definition) is 1. The summed E-state index contributed by atoms with van der Waals surface area (Å²) >= 11 is 6.10. The number of para-hydroxylation sites is 1. The van der Waals surface area contributed by atoms with Crippen LogP contribution in [0.5, 0.6) is 11.5 Å². The van der Waals surface area contributed by atoms with E-state index in [4.69, 9.17) is 21.1 Å². The molecule has 0 aliphatic carbocycles. The SMILES string of the molecule is COc1cccc(C[NH+]2CCN(c3cccc(Cl)c3)CC2)c1OC. The van der Waals surface area contributed by atoms with Gasteiger partial charge in [-0.3, -0.25) is 0 Å². The van der Waals surface area contributed by atoms with Crippen molar-refractivity contribution in [1.29, 1.82) is 0 Å². The minimum Gasteiger partial charge on any atom is -0.493 e. The zero-order valence-corrected chi connectivity index (χ0v) is 15.0. The lowest BCUT2D eigenvalue weighted by molar-refractivity contribution is -0.914. The Hall–Kier alpha value is -1.91. The Balaban J connectivity index is 1.64. The highest BCUT2D eigenvalue weighted by Gasteiger charge is 2.22. The summed E-state index contributed by atoms with van der Waals surface area (Å²) in [6.45, 7) is 5.19. The number of nitrogens with zero attached hydrogens (tertiary/aromatic N) is 1. The van der Waals surface area contributed by atoms with Crippen LogP contribution in [-0.4, -0.2) is 40.4 Å². The van der Waals surface area contributed by atoms with Gasteiger partial charge in [-0.2, -0.15) is 0 Å². The van der Waals surface area contributed by atoms with Crippen LogP contribution in [0.4, 0.5) is 5.69 Å². The van der Waals surface area contributed by atoms with Crippen LogP contribution in [-0.2, 0) is 6.54 Å². The number of halogens is 1. The van der Waals surface area contributed by atoms with Crippen LogP contribution in [0, 0.1) is 0 Å². The number of piperazine rings is 1. The molecule has 0 atom stereocenters. The summed E-state index contributed by atoms with van der Waals surface area (Å²) in [5.41, 5.74) is 2.41. The van der Waals surface area contributed by atoms with Gasteiger partial charge in [0.25, 0.3) is 0 Å². The van der Waals surface area contributed by atoms with Crippen LogP contribution >= 0.6 is 11.6 Å². The summed E-state index contributed by atoms with van der Waals surface area (Å²) in [7, 11) is 3.38. The average Bonchev–Trinajstić information content (AvgIpc) is 2.62. The van der Waals surface area contributed by atoms with Crippen molar-refractivity contribution >= 4 is 17.3 Å². The van der Waals surface area contributed by atoms with E-state index < -0.39 is 0 Å². The molecule has 1 heterocycles. The number of methoxy groups -OCH3 is 2. The van der Waals surface area contributed by atoms with Crippen LogP contribution in [0.3, 0.4) is 0 Å².